The topological polar surface area (TPSA) is 43.0 Å². The van der Waals surface area contributed by atoms with Gasteiger partial charge in [-0.3, -0.25) is 5.01 Å². The van der Waals surface area contributed by atoms with Crippen LogP contribution in [0.4, 0.5) is 5.69 Å². The van der Waals surface area contributed by atoms with Gasteiger partial charge in [-0.05, 0) is 42.7 Å². The summed E-state index contributed by atoms with van der Waals surface area (Å²) in [7, 11) is 8.08. The highest BCUT2D eigenvalue weighted by Crippen LogP contribution is 2.39. The quantitative estimate of drug-likeness (QED) is 0.799. The number of ether oxygens (including phenoxy) is 1. The molecule has 2 N–H and O–H groups in total. The predicted octanol–water partition coefficient (Wildman–Crippen LogP) is 2.89. The molecule has 3 heterocycles. The summed E-state index contributed by atoms with van der Waals surface area (Å²) in [6.07, 6.45) is 8.59. The Morgan fingerprint density at radius 2 is 2.03 bits per heavy atom. The Bertz CT molecular complexity index is 843. The van der Waals surface area contributed by atoms with Gasteiger partial charge in [0.05, 0.1) is 17.8 Å². The zero-order valence-corrected chi connectivity index (χ0v) is 18.1. The smallest absolute Gasteiger partial charge is 0.149 e. The van der Waals surface area contributed by atoms with E-state index < -0.39 is 0 Å². The van der Waals surface area contributed by atoms with Crippen molar-refractivity contribution in [2.75, 3.05) is 40.1 Å². The molecule has 0 spiro atoms. The number of benzene rings is 1. The normalized spacial score (nSPS) is 26.6. The molecular formula is C23H33N5O. The van der Waals surface area contributed by atoms with E-state index in [1.165, 1.54) is 28.2 Å². The minimum absolute atomic E-state index is 0.0227. The highest BCUT2D eigenvalue weighted by Gasteiger charge is 2.41. The molecule has 0 fully saturated rings. The third kappa shape index (κ3) is 3.74. The van der Waals surface area contributed by atoms with Gasteiger partial charge in [0.2, 0.25) is 0 Å². The Hall–Kier alpha value is -2.44. The zero-order chi connectivity index (χ0) is 20.5. The van der Waals surface area contributed by atoms with E-state index in [0.717, 1.165) is 19.4 Å². The zero-order valence-electron chi connectivity index (χ0n) is 18.1. The average molecular weight is 396 g/mol. The molecule has 156 valence electrons. The van der Waals surface area contributed by atoms with Gasteiger partial charge in [0.25, 0.3) is 0 Å². The van der Waals surface area contributed by atoms with Crippen LogP contribution in [0.1, 0.15) is 18.4 Å². The molecule has 0 radical (unpaired) electrons. The number of methoxy groups -OCH3 is 1. The van der Waals surface area contributed by atoms with Gasteiger partial charge in [0, 0.05) is 58.8 Å². The Labute approximate surface area is 174 Å². The molecule has 0 saturated heterocycles. The number of para-hydroxylation sites is 1. The standard InChI is InChI=1S/C23H33N5O/c1-16-8-6-7-9-18(16)25-19-10-12-24-20-15-21(28(23(19)20)26(2)3)17-11-13-27(4)22(14-17)29-5/h6-9,11,13-14,19,21-22,24-25H,10,12,15H2,1-5H3. The number of nitrogens with zero attached hydrogens (tertiary/aromatic N) is 3. The van der Waals surface area contributed by atoms with Gasteiger partial charge in [-0.2, -0.15) is 0 Å². The SMILES string of the molecule is COC1C=C(C2CC3=C(C(Nc4ccccc4C)CCN3)N2N(C)C)C=CN1C. The summed E-state index contributed by atoms with van der Waals surface area (Å²) in [6.45, 7) is 3.16. The summed E-state index contributed by atoms with van der Waals surface area (Å²) in [6, 6.07) is 9.09. The van der Waals surface area contributed by atoms with E-state index in [-0.39, 0.29) is 18.3 Å². The number of hydrogen-bond donors (Lipinski definition) is 2. The van der Waals surface area contributed by atoms with E-state index in [9.17, 15) is 0 Å². The fourth-order valence-corrected chi connectivity index (χ4v) is 4.63. The summed E-state index contributed by atoms with van der Waals surface area (Å²) in [5.41, 5.74) is 6.50. The van der Waals surface area contributed by atoms with E-state index in [1.54, 1.807) is 7.11 Å². The lowest BCUT2D eigenvalue weighted by Gasteiger charge is -2.40. The van der Waals surface area contributed by atoms with Crippen LogP contribution in [0, 0.1) is 6.92 Å². The van der Waals surface area contributed by atoms with Crippen molar-refractivity contribution in [3.63, 3.8) is 0 Å². The second kappa shape index (κ2) is 8.13. The van der Waals surface area contributed by atoms with E-state index in [2.05, 4.69) is 89.2 Å². The summed E-state index contributed by atoms with van der Waals surface area (Å²) >= 11 is 0. The minimum Gasteiger partial charge on any atom is -0.387 e. The minimum atomic E-state index is -0.0227. The lowest BCUT2D eigenvalue weighted by atomic mass is 10.0. The van der Waals surface area contributed by atoms with Gasteiger partial charge in [0.1, 0.15) is 6.23 Å². The van der Waals surface area contributed by atoms with Crippen molar-refractivity contribution >= 4 is 5.69 Å². The first-order chi connectivity index (χ1) is 14.0. The van der Waals surface area contributed by atoms with Crippen molar-refractivity contribution in [1.29, 1.82) is 0 Å². The van der Waals surface area contributed by atoms with Crippen LogP contribution in [0.3, 0.4) is 0 Å². The van der Waals surface area contributed by atoms with Crippen LogP contribution in [0.25, 0.3) is 0 Å². The molecule has 3 aliphatic rings. The fourth-order valence-electron chi connectivity index (χ4n) is 4.63. The molecule has 3 unspecified atom stereocenters. The lowest BCUT2D eigenvalue weighted by molar-refractivity contribution is 0.0306. The maximum absolute atomic E-state index is 5.65. The number of likely N-dealkylation sites (N-methyl/N-ethyl adjacent to an activating group) is 1. The Balaban J connectivity index is 1.64. The van der Waals surface area contributed by atoms with Crippen molar-refractivity contribution in [2.24, 2.45) is 0 Å². The molecule has 0 aromatic heterocycles. The average Bonchev–Trinajstić information content (AvgIpc) is 3.11. The first-order valence-electron chi connectivity index (χ1n) is 10.4. The number of aryl methyl sites for hydroxylation is 1. The summed E-state index contributed by atoms with van der Waals surface area (Å²) in [5, 5.41) is 12.2. The summed E-state index contributed by atoms with van der Waals surface area (Å²) < 4.78 is 5.65. The number of hydrogen-bond acceptors (Lipinski definition) is 6. The van der Waals surface area contributed by atoms with E-state index in [4.69, 9.17) is 4.74 Å². The van der Waals surface area contributed by atoms with Gasteiger partial charge < -0.3 is 20.3 Å². The number of rotatable bonds is 5. The van der Waals surface area contributed by atoms with Crippen LogP contribution >= 0.6 is 0 Å². The fraction of sp³-hybridized carbons (Fsp3) is 0.478. The third-order valence-electron chi connectivity index (χ3n) is 6.12. The summed E-state index contributed by atoms with van der Waals surface area (Å²) in [5.74, 6) is 0. The maximum atomic E-state index is 5.65. The molecule has 4 rings (SSSR count). The second-order valence-corrected chi connectivity index (χ2v) is 8.28. The predicted molar refractivity (Wildman–Crippen MR) is 118 cm³/mol. The molecule has 0 amide bonds. The molecule has 0 bridgehead atoms. The van der Waals surface area contributed by atoms with Gasteiger partial charge >= 0.3 is 0 Å². The van der Waals surface area contributed by atoms with Crippen LogP contribution in [0.5, 0.6) is 0 Å². The second-order valence-electron chi connectivity index (χ2n) is 8.28. The monoisotopic (exact) mass is 395 g/mol. The van der Waals surface area contributed by atoms with Crippen molar-refractivity contribution in [2.45, 2.75) is 38.1 Å². The first-order valence-corrected chi connectivity index (χ1v) is 10.4. The van der Waals surface area contributed by atoms with E-state index in [1.807, 2.05) is 7.05 Å². The third-order valence-corrected chi connectivity index (χ3v) is 6.12. The molecule has 6 nitrogen and oxygen atoms in total. The molecule has 0 saturated carbocycles. The largest absolute Gasteiger partial charge is 0.387 e. The number of nitrogens with one attached hydrogen (secondary N) is 2. The first kappa shape index (κ1) is 19.9. The summed E-state index contributed by atoms with van der Waals surface area (Å²) in [4.78, 5) is 2.09. The van der Waals surface area contributed by atoms with E-state index >= 15 is 0 Å². The van der Waals surface area contributed by atoms with Crippen LogP contribution in [0.15, 0.2) is 59.6 Å². The van der Waals surface area contributed by atoms with Crippen LogP contribution in [-0.4, -0.2) is 68.0 Å². The molecule has 1 aromatic rings. The highest BCUT2D eigenvalue weighted by atomic mass is 16.5. The van der Waals surface area contributed by atoms with E-state index in [0.29, 0.717) is 0 Å². The number of anilines is 1. The van der Waals surface area contributed by atoms with Crippen LogP contribution in [0.2, 0.25) is 0 Å². The van der Waals surface area contributed by atoms with Crippen LogP contribution < -0.4 is 10.6 Å². The highest BCUT2D eigenvalue weighted by molar-refractivity contribution is 5.53. The van der Waals surface area contributed by atoms with Crippen molar-refractivity contribution in [3.05, 3.63) is 65.1 Å². The molecule has 1 aromatic carbocycles. The van der Waals surface area contributed by atoms with Gasteiger partial charge in [-0.1, -0.05) is 18.2 Å². The Morgan fingerprint density at radius 3 is 2.76 bits per heavy atom. The molecule has 29 heavy (non-hydrogen) atoms. The Morgan fingerprint density at radius 1 is 1.24 bits per heavy atom. The van der Waals surface area contributed by atoms with Crippen molar-refractivity contribution < 1.29 is 4.74 Å². The molecule has 6 heteroatoms. The lowest BCUT2D eigenvalue weighted by Crippen LogP contribution is -2.47. The number of hydrazine groups is 1. The van der Waals surface area contributed by atoms with Gasteiger partial charge in [0.15, 0.2) is 0 Å². The molecule has 0 aliphatic carbocycles. The van der Waals surface area contributed by atoms with Gasteiger partial charge in [-0.15, -0.1) is 0 Å². The molecular weight excluding hydrogens is 362 g/mol. The van der Waals surface area contributed by atoms with Crippen LogP contribution in [-0.2, 0) is 4.74 Å². The Kier molecular flexibility index (Phi) is 5.56. The van der Waals surface area contributed by atoms with Crippen molar-refractivity contribution in [3.8, 4) is 0 Å². The maximum Gasteiger partial charge on any atom is 0.149 e. The van der Waals surface area contributed by atoms with Gasteiger partial charge in [-0.25, -0.2) is 5.01 Å². The molecule has 3 atom stereocenters. The molecule has 3 aliphatic heterocycles. The van der Waals surface area contributed by atoms with Crippen molar-refractivity contribution in [1.82, 2.24) is 20.2 Å².